The van der Waals surface area contributed by atoms with Gasteiger partial charge in [0.2, 0.25) is 0 Å². The SMILES string of the molecule is COc1ccc(Cl)cc1NCCc1scnc1C. The van der Waals surface area contributed by atoms with Crippen molar-refractivity contribution >= 4 is 28.6 Å². The van der Waals surface area contributed by atoms with E-state index in [1.54, 1.807) is 18.4 Å². The third-order valence-corrected chi connectivity index (χ3v) is 3.90. The minimum absolute atomic E-state index is 0.701. The molecule has 0 radical (unpaired) electrons. The molecule has 0 saturated heterocycles. The van der Waals surface area contributed by atoms with Crippen LogP contribution in [-0.2, 0) is 6.42 Å². The first-order chi connectivity index (χ1) is 8.70. The summed E-state index contributed by atoms with van der Waals surface area (Å²) in [5.74, 6) is 0.806. The lowest BCUT2D eigenvalue weighted by molar-refractivity contribution is 0.416. The maximum atomic E-state index is 5.97. The highest BCUT2D eigenvalue weighted by Crippen LogP contribution is 2.27. The molecule has 1 heterocycles. The summed E-state index contributed by atoms with van der Waals surface area (Å²) in [4.78, 5) is 5.54. The van der Waals surface area contributed by atoms with Crippen LogP contribution in [-0.4, -0.2) is 18.6 Å². The van der Waals surface area contributed by atoms with Crippen molar-refractivity contribution in [3.63, 3.8) is 0 Å². The van der Waals surface area contributed by atoms with Gasteiger partial charge in [-0.3, -0.25) is 0 Å². The van der Waals surface area contributed by atoms with Gasteiger partial charge in [-0.15, -0.1) is 11.3 Å². The number of anilines is 1. The molecule has 2 aromatic rings. The molecule has 0 bridgehead atoms. The Kier molecular flexibility index (Phi) is 4.44. The molecule has 18 heavy (non-hydrogen) atoms. The van der Waals surface area contributed by atoms with Gasteiger partial charge < -0.3 is 10.1 Å². The van der Waals surface area contributed by atoms with Crippen LogP contribution in [0.5, 0.6) is 5.75 Å². The van der Waals surface area contributed by atoms with E-state index in [0.717, 1.165) is 30.1 Å². The molecule has 0 spiro atoms. The van der Waals surface area contributed by atoms with Crippen LogP contribution in [0.2, 0.25) is 5.02 Å². The van der Waals surface area contributed by atoms with Crippen molar-refractivity contribution < 1.29 is 4.74 Å². The van der Waals surface area contributed by atoms with Crippen LogP contribution in [0.15, 0.2) is 23.7 Å². The van der Waals surface area contributed by atoms with Crippen molar-refractivity contribution in [1.29, 1.82) is 0 Å². The lowest BCUT2D eigenvalue weighted by atomic mass is 10.2. The van der Waals surface area contributed by atoms with E-state index in [1.807, 2.05) is 30.6 Å². The predicted octanol–water partition coefficient (Wildman–Crippen LogP) is 3.77. The highest BCUT2D eigenvalue weighted by atomic mass is 35.5. The van der Waals surface area contributed by atoms with Gasteiger partial charge in [0.1, 0.15) is 5.75 Å². The first kappa shape index (κ1) is 13.2. The first-order valence-electron chi connectivity index (χ1n) is 5.67. The minimum Gasteiger partial charge on any atom is -0.495 e. The highest BCUT2D eigenvalue weighted by Gasteiger charge is 2.05. The molecule has 1 aromatic carbocycles. The van der Waals surface area contributed by atoms with E-state index in [9.17, 15) is 0 Å². The van der Waals surface area contributed by atoms with Crippen LogP contribution in [0.1, 0.15) is 10.6 Å². The Balaban J connectivity index is 1.98. The van der Waals surface area contributed by atoms with E-state index in [1.165, 1.54) is 4.88 Å². The summed E-state index contributed by atoms with van der Waals surface area (Å²) >= 11 is 7.66. The zero-order valence-electron chi connectivity index (χ0n) is 10.4. The van der Waals surface area contributed by atoms with E-state index < -0.39 is 0 Å². The Morgan fingerprint density at radius 1 is 1.44 bits per heavy atom. The summed E-state index contributed by atoms with van der Waals surface area (Å²) < 4.78 is 5.28. The Morgan fingerprint density at radius 2 is 2.28 bits per heavy atom. The number of rotatable bonds is 5. The fourth-order valence-corrected chi connectivity index (χ4v) is 2.65. The third-order valence-electron chi connectivity index (χ3n) is 2.67. The molecule has 5 heteroatoms. The summed E-state index contributed by atoms with van der Waals surface area (Å²) in [6, 6.07) is 5.56. The van der Waals surface area contributed by atoms with Crippen LogP contribution in [0.3, 0.4) is 0 Å². The van der Waals surface area contributed by atoms with Gasteiger partial charge in [-0.2, -0.15) is 0 Å². The monoisotopic (exact) mass is 282 g/mol. The van der Waals surface area contributed by atoms with Crippen LogP contribution < -0.4 is 10.1 Å². The van der Waals surface area contributed by atoms with Gasteiger partial charge in [0.25, 0.3) is 0 Å². The molecule has 3 nitrogen and oxygen atoms in total. The number of nitrogens with zero attached hydrogens (tertiary/aromatic N) is 1. The van der Waals surface area contributed by atoms with Crippen LogP contribution in [0.4, 0.5) is 5.69 Å². The fraction of sp³-hybridized carbons (Fsp3) is 0.308. The van der Waals surface area contributed by atoms with Crippen molar-refractivity contribution in [1.82, 2.24) is 4.98 Å². The molecule has 0 aliphatic rings. The van der Waals surface area contributed by atoms with Crippen LogP contribution >= 0.6 is 22.9 Å². The van der Waals surface area contributed by atoms with Crippen molar-refractivity contribution in [2.24, 2.45) is 0 Å². The summed E-state index contributed by atoms with van der Waals surface area (Å²) in [6.45, 7) is 2.87. The number of ether oxygens (including phenoxy) is 1. The van der Waals surface area contributed by atoms with Crippen LogP contribution in [0, 0.1) is 6.92 Å². The van der Waals surface area contributed by atoms with Gasteiger partial charge in [0.15, 0.2) is 0 Å². The normalized spacial score (nSPS) is 10.4. The lowest BCUT2D eigenvalue weighted by Gasteiger charge is -2.11. The van der Waals surface area contributed by atoms with Gasteiger partial charge in [-0.1, -0.05) is 11.6 Å². The molecule has 2 rings (SSSR count). The smallest absolute Gasteiger partial charge is 0.142 e. The second-order valence-electron chi connectivity index (χ2n) is 3.88. The van der Waals surface area contributed by atoms with Crippen LogP contribution in [0.25, 0.3) is 0 Å². The highest BCUT2D eigenvalue weighted by molar-refractivity contribution is 7.09. The number of hydrogen-bond donors (Lipinski definition) is 1. The number of aromatic nitrogens is 1. The Bertz CT molecular complexity index is 527. The second-order valence-corrected chi connectivity index (χ2v) is 5.26. The van der Waals surface area contributed by atoms with E-state index in [2.05, 4.69) is 10.3 Å². The molecular weight excluding hydrogens is 268 g/mol. The molecule has 0 fully saturated rings. The maximum Gasteiger partial charge on any atom is 0.142 e. The maximum absolute atomic E-state index is 5.97. The van der Waals surface area contributed by atoms with Gasteiger partial charge in [0, 0.05) is 22.9 Å². The van der Waals surface area contributed by atoms with E-state index in [4.69, 9.17) is 16.3 Å². The third kappa shape index (κ3) is 3.15. The van der Waals surface area contributed by atoms with E-state index in [-0.39, 0.29) is 0 Å². The molecule has 0 unspecified atom stereocenters. The topological polar surface area (TPSA) is 34.1 Å². The summed E-state index contributed by atoms with van der Waals surface area (Å²) in [5.41, 5.74) is 3.91. The Morgan fingerprint density at radius 3 is 2.94 bits per heavy atom. The number of aryl methyl sites for hydroxylation is 1. The first-order valence-corrected chi connectivity index (χ1v) is 6.93. The molecule has 0 amide bonds. The second kappa shape index (κ2) is 6.07. The summed E-state index contributed by atoms with van der Waals surface area (Å²) in [7, 11) is 1.65. The molecule has 0 aliphatic carbocycles. The predicted molar refractivity (Wildman–Crippen MR) is 77.0 cm³/mol. The number of thiazole rings is 1. The number of halogens is 1. The van der Waals surface area contributed by atoms with Crippen molar-refractivity contribution in [2.75, 3.05) is 19.0 Å². The average molecular weight is 283 g/mol. The Hall–Kier alpha value is -1.26. The summed E-state index contributed by atoms with van der Waals surface area (Å²) in [6.07, 6.45) is 0.951. The number of methoxy groups -OCH3 is 1. The zero-order valence-corrected chi connectivity index (χ0v) is 11.9. The molecule has 0 atom stereocenters. The molecular formula is C13H15ClN2OS. The van der Waals surface area contributed by atoms with Gasteiger partial charge >= 0.3 is 0 Å². The van der Waals surface area contributed by atoms with Crippen molar-refractivity contribution in [3.05, 3.63) is 39.3 Å². The minimum atomic E-state index is 0.701. The fourth-order valence-electron chi connectivity index (χ4n) is 1.70. The number of nitrogens with one attached hydrogen (secondary N) is 1. The standard InChI is InChI=1S/C13H15ClN2OS/c1-9-13(18-8-16-9)5-6-15-11-7-10(14)3-4-12(11)17-2/h3-4,7-8,15H,5-6H2,1-2H3. The largest absolute Gasteiger partial charge is 0.495 e. The lowest BCUT2D eigenvalue weighted by Crippen LogP contribution is -2.06. The van der Waals surface area contributed by atoms with Crippen molar-refractivity contribution in [2.45, 2.75) is 13.3 Å². The van der Waals surface area contributed by atoms with Gasteiger partial charge in [-0.05, 0) is 25.1 Å². The zero-order chi connectivity index (χ0) is 13.0. The van der Waals surface area contributed by atoms with Gasteiger partial charge in [-0.25, -0.2) is 4.98 Å². The van der Waals surface area contributed by atoms with Gasteiger partial charge in [0.05, 0.1) is 24.0 Å². The average Bonchev–Trinajstić information content (AvgIpc) is 2.76. The number of hydrogen-bond acceptors (Lipinski definition) is 4. The molecule has 1 N–H and O–H groups in total. The molecule has 96 valence electrons. The quantitative estimate of drug-likeness (QED) is 0.906. The molecule has 1 aromatic heterocycles. The van der Waals surface area contributed by atoms with E-state index >= 15 is 0 Å². The molecule has 0 saturated carbocycles. The Labute approximate surface area is 116 Å². The molecule has 0 aliphatic heterocycles. The van der Waals surface area contributed by atoms with E-state index in [0.29, 0.717) is 5.02 Å². The number of benzene rings is 1. The van der Waals surface area contributed by atoms with Crippen molar-refractivity contribution in [3.8, 4) is 5.75 Å². The summed E-state index contributed by atoms with van der Waals surface area (Å²) in [5, 5.41) is 4.04.